The Hall–Kier alpha value is -3.34. The van der Waals surface area contributed by atoms with Crippen molar-refractivity contribution in [2.75, 3.05) is 29.8 Å². The predicted octanol–water partition coefficient (Wildman–Crippen LogP) is 3.25. The molecule has 4 N–H and O–H groups in total. The van der Waals surface area contributed by atoms with Crippen LogP contribution in [0.1, 0.15) is 41.6 Å². The van der Waals surface area contributed by atoms with Crippen LogP contribution < -0.4 is 21.4 Å². The Kier molecular flexibility index (Phi) is 6.95. The lowest BCUT2D eigenvalue weighted by atomic mass is 9.93. The fourth-order valence-electron chi connectivity index (χ4n) is 3.58. The molecule has 0 radical (unpaired) electrons. The summed E-state index contributed by atoms with van der Waals surface area (Å²) in [6.07, 6.45) is 5.34. The van der Waals surface area contributed by atoms with E-state index in [1.165, 1.54) is 25.4 Å². The van der Waals surface area contributed by atoms with Crippen molar-refractivity contribution in [1.29, 1.82) is 0 Å². The summed E-state index contributed by atoms with van der Waals surface area (Å²) in [5, 5.41) is 10.4. The van der Waals surface area contributed by atoms with Crippen molar-refractivity contribution in [1.82, 2.24) is 9.97 Å². The highest BCUT2D eigenvalue weighted by Crippen LogP contribution is 2.30. The minimum atomic E-state index is -0.841. The Labute approximate surface area is 179 Å². The van der Waals surface area contributed by atoms with Crippen LogP contribution in [0.15, 0.2) is 23.6 Å². The van der Waals surface area contributed by atoms with Gasteiger partial charge in [0.05, 0.1) is 23.2 Å². The first-order valence-corrected chi connectivity index (χ1v) is 9.92. The Bertz CT molecular complexity index is 964. The van der Waals surface area contributed by atoms with Gasteiger partial charge in [-0.3, -0.25) is 4.79 Å². The van der Waals surface area contributed by atoms with Gasteiger partial charge in [0, 0.05) is 25.9 Å². The summed E-state index contributed by atoms with van der Waals surface area (Å²) in [6, 6.07) is 2.69. The number of hydrogen-bond acceptors (Lipinski definition) is 8. The van der Waals surface area contributed by atoms with Gasteiger partial charge in [0.25, 0.3) is 5.91 Å². The third-order valence-electron chi connectivity index (χ3n) is 5.41. The minimum Gasteiger partial charge on any atom is -0.381 e. The molecular weight excluding hydrogens is 405 g/mol. The summed E-state index contributed by atoms with van der Waals surface area (Å²) in [7, 11) is 3.22. The molecule has 10 nitrogen and oxygen atoms in total. The molecule has 0 saturated heterocycles. The Morgan fingerprint density at radius 1 is 1.32 bits per heavy atom. The van der Waals surface area contributed by atoms with Crippen molar-refractivity contribution in [3.05, 3.63) is 40.2 Å². The van der Waals surface area contributed by atoms with Crippen LogP contribution in [0.5, 0.6) is 0 Å². The zero-order valence-electron chi connectivity index (χ0n) is 17.7. The van der Waals surface area contributed by atoms with Crippen molar-refractivity contribution in [2.45, 2.75) is 44.8 Å². The number of amides is 1. The Balaban J connectivity index is 1.85. The average Bonchev–Trinajstić information content (AvgIpc) is 2.76. The number of carbonyl (C=O) groups is 1. The first-order valence-electron chi connectivity index (χ1n) is 9.92. The number of methoxy groups -OCH3 is 1. The number of nitrogens with one attached hydrogen (secondary N) is 2. The SMILES string of the molecule is COC1CCC(Nc2nc(Nc3cc(F)c(C(N)=O)cc3C)ncc2N(C)N=O)CC1. The number of carbonyl (C=O) groups excluding carboxylic acids is 1. The maximum atomic E-state index is 14.2. The largest absolute Gasteiger partial charge is 0.381 e. The van der Waals surface area contributed by atoms with Crippen LogP contribution in [0.2, 0.25) is 0 Å². The molecule has 0 spiro atoms. The van der Waals surface area contributed by atoms with E-state index in [9.17, 15) is 14.1 Å². The van der Waals surface area contributed by atoms with E-state index in [1.807, 2.05) is 0 Å². The van der Waals surface area contributed by atoms with Gasteiger partial charge in [-0.05, 0) is 50.3 Å². The van der Waals surface area contributed by atoms with Crippen LogP contribution in [-0.4, -0.2) is 42.2 Å². The summed E-state index contributed by atoms with van der Waals surface area (Å²) in [4.78, 5) is 31.1. The Morgan fingerprint density at radius 3 is 2.65 bits per heavy atom. The third kappa shape index (κ3) is 5.23. The van der Waals surface area contributed by atoms with Crippen molar-refractivity contribution in [2.24, 2.45) is 11.0 Å². The molecule has 0 bridgehead atoms. The van der Waals surface area contributed by atoms with E-state index < -0.39 is 11.7 Å². The van der Waals surface area contributed by atoms with E-state index in [1.54, 1.807) is 14.0 Å². The topological polar surface area (TPSA) is 135 Å². The number of nitroso groups, excluding NO2 is 1. The van der Waals surface area contributed by atoms with Crippen molar-refractivity contribution in [3.63, 3.8) is 0 Å². The molecule has 3 rings (SSSR count). The number of nitrogens with two attached hydrogens (primary N) is 1. The van der Waals surface area contributed by atoms with Gasteiger partial charge in [0.2, 0.25) is 5.95 Å². The van der Waals surface area contributed by atoms with Gasteiger partial charge in [-0.2, -0.15) is 4.98 Å². The van der Waals surface area contributed by atoms with Crippen LogP contribution in [0.25, 0.3) is 0 Å². The van der Waals surface area contributed by atoms with Crippen LogP contribution in [-0.2, 0) is 4.74 Å². The van der Waals surface area contributed by atoms with Crippen LogP contribution in [0.4, 0.5) is 27.5 Å². The summed E-state index contributed by atoms with van der Waals surface area (Å²) in [5.41, 5.74) is 6.41. The average molecular weight is 431 g/mol. The van der Waals surface area contributed by atoms with Crippen molar-refractivity contribution in [3.8, 4) is 0 Å². The maximum Gasteiger partial charge on any atom is 0.251 e. The number of anilines is 4. The lowest BCUT2D eigenvalue weighted by Gasteiger charge is -2.29. The standard InChI is InChI=1S/C20H26FN7O3/c1-11-8-14(18(22)29)15(21)9-16(11)25-20-23-10-17(28(2)27-30)19(26-20)24-12-4-6-13(31-3)7-5-12/h8-10,12-13H,4-7H2,1-3H3,(H2,22,29)(H2,23,24,25,26). The quantitative estimate of drug-likeness (QED) is 0.428. The number of primary amides is 1. The van der Waals surface area contributed by atoms with Gasteiger partial charge in [-0.1, -0.05) is 0 Å². The van der Waals surface area contributed by atoms with Gasteiger partial charge in [-0.15, -0.1) is 4.91 Å². The van der Waals surface area contributed by atoms with E-state index in [-0.39, 0.29) is 23.7 Å². The third-order valence-corrected chi connectivity index (χ3v) is 5.41. The molecule has 1 aromatic carbocycles. The smallest absolute Gasteiger partial charge is 0.251 e. The number of ether oxygens (including phenoxy) is 1. The zero-order valence-corrected chi connectivity index (χ0v) is 17.7. The molecule has 2 aromatic rings. The summed E-state index contributed by atoms with van der Waals surface area (Å²) < 4.78 is 19.6. The van der Waals surface area contributed by atoms with Crippen molar-refractivity contribution < 1.29 is 13.9 Å². The molecule has 1 aromatic heterocycles. The van der Waals surface area contributed by atoms with Gasteiger partial charge in [0.1, 0.15) is 11.5 Å². The van der Waals surface area contributed by atoms with E-state index in [4.69, 9.17) is 10.5 Å². The van der Waals surface area contributed by atoms with Crippen LogP contribution in [0.3, 0.4) is 0 Å². The zero-order chi connectivity index (χ0) is 22.5. The lowest BCUT2D eigenvalue weighted by Crippen LogP contribution is -2.30. The monoisotopic (exact) mass is 431 g/mol. The summed E-state index contributed by atoms with van der Waals surface area (Å²) >= 11 is 0. The molecule has 166 valence electrons. The molecule has 31 heavy (non-hydrogen) atoms. The number of hydrogen-bond donors (Lipinski definition) is 3. The molecular formula is C20H26FN7O3. The van der Waals surface area contributed by atoms with Gasteiger partial charge >= 0.3 is 0 Å². The molecule has 1 fully saturated rings. The molecule has 11 heteroatoms. The van der Waals surface area contributed by atoms with Gasteiger partial charge in [-0.25, -0.2) is 14.4 Å². The fraction of sp³-hybridized carbons (Fsp3) is 0.450. The second-order valence-corrected chi connectivity index (χ2v) is 7.52. The molecule has 0 unspecified atom stereocenters. The van der Waals surface area contributed by atoms with Crippen LogP contribution in [0, 0.1) is 17.6 Å². The second-order valence-electron chi connectivity index (χ2n) is 7.52. The van der Waals surface area contributed by atoms with E-state index >= 15 is 0 Å². The van der Waals surface area contributed by atoms with E-state index in [0.717, 1.165) is 30.7 Å². The number of benzene rings is 1. The molecule has 1 amide bonds. The molecule has 1 saturated carbocycles. The molecule has 1 aliphatic carbocycles. The fourth-order valence-corrected chi connectivity index (χ4v) is 3.58. The first kappa shape index (κ1) is 22.3. The lowest BCUT2D eigenvalue weighted by molar-refractivity contribution is 0.0681. The maximum absolute atomic E-state index is 14.2. The Morgan fingerprint density at radius 2 is 2.03 bits per heavy atom. The van der Waals surface area contributed by atoms with Crippen LogP contribution >= 0.6 is 0 Å². The van der Waals surface area contributed by atoms with Gasteiger partial charge < -0.3 is 21.1 Å². The first-order chi connectivity index (χ1) is 14.8. The molecule has 0 atom stereocenters. The molecule has 0 aliphatic heterocycles. The molecule has 1 heterocycles. The van der Waals surface area contributed by atoms with E-state index in [0.29, 0.717) is 22.8 Å². The predicted molar refractivity (Wildman–Crippen MR) is 116 cm³/mol. The van der Waals surface area contributed by atoms with Crippen molar-refractivity contribution >= 4 is 29.0 Å². The highest BCUT2D eigenvalue weighted by molar-refractivity contribution is 5.94. The highest BCUT2D eigenvalue weighted by atomic mass is 19.1. The molecule has 1 aliphatic rings. The highest BCUT2D eigenvalue weighted by Gasteiger charge is 2.23. The number of halogens is 1. The summed E-state index contributed by atoms with van der Waals surface area (Å²) in [5.74, 6) is -0.944. The van der Waals surface area contributed by atoms with E-state index in [2.05, 4.69) is 25.9 Å². The number of nitrogens with zero attached hydrogens (tertiary/aromatic N) is 4. The summed E-state index contributed by atoms with van der Waals surface area (Å²) in [6.45, 7) is 1.71. The number of aromatic nitrogens is 2. The van der Waals surface area contributed by atoms with Gasteiger partial charge in [0.15, 0.2) is 5.82 Å². The number of aryl methyl sites for hydroxylation is 1. The normalized spacial score (nSPS) is 18.3. The number of rotatable bonds is 8. The minimum absolute atomic E-state index is 0.155. The second kappa shape index (κ2) is 9.65.